The third kappa shape index (κ3) is 2.94. The van der Waals surface area contributed by atoms with Crippen molar-refractivity contribution in [1.29, 1.82) is 0 Å². The van der Waals surface area contributed by atoms with Crippen LogP contribution in [0.1, 0.15) is 44.1 Å². The monoisotopic (exact) mass is 258 g/mol. The number of benzene rings is 1. The van der Waals surface area contributed by atoms with Crippen LogP contribution in [0.5, 0.6) is 0 Å². The van der Waals surface area contributed by atoms with Crippen LogP contribution in [0.3, 0.4) is 0 Å². The van der Waals surface area contributed by atoms with Crippen LogP contribution in [-0.2, 0) is 0 Å². The summed E-state index contributed by atoms with van der Waals surface area (Å²) >= 11 is 0. The van der Waals surface area contributed by atoms with Crippen LogP contribution in [-0.4, -0.2) is 25.2 Å². The summed E-state index contributed by atoms with van der Waals surface area (Å²) in [5, 5.41) is 3.87. The molecule has 1 aliphatic carbocycles. The Kier molecular flexibility index (Phi) is 3.79. The number of rotatable bonds is 1. The zero-order valence-corrected chi connectivity index (χ0v) is 12.1. The molecule has 2 nitrogen and oxygen atoms in total. The van der Waals surface area contributed by atoms with Gasteiger partial charge in [-0.15, -0.1) is 0 Å². The van der Waals surface area contributed by atoms with Crippen molar-refractivity contribution in [3.63, 3.8) is 0 Å². The molecule has 1 aromatic rings. The molecule has 0 bridgehead atoms. The van der Waals surface area contributed by atoms with Crippen LogP contribution in [0.4, 0.5) is 5.69 Å². The molecule has 104 valence electrons. The Morgan fingerprint density at radius 1 is 1.00 bits per heavy atom. The molecule has 2 heteroatoms. The number of nitrogens with one attached hydrogen (secondary N) is 1. The molecule has 0 unspecified atom stereocenters. The van der Waals surface area contributed by atoms with Crippen molar-refractivity contribution in [2.45, 2.75) is 51.0 Å². The highest BCUT2D eigenvalue weighted by Crippen LogP contribution is 2.32. The number of aryl methyl sites for hydroxylation is 1. The van der Waals surface area contributed by atoms with E-state index in [2.05, 4.69) is 41.4 Å². The minimum Gasteiger partial charge on any atom is -0.370 e. The van der Waals surface area contributed by atoms with Gasteiger partial charge in [0.25, 0.3) is 0 Å². The van der Waals surface area contributed by atoms with E-state index < -0.39 is 0 Å². The van der Waals surface area contributed by atoms with Gasteiger partial charge in [0, 0.05) is 24.3 Å². The Morgan fingerprint density at radius 2 is 1.74 bits per heavy atom. The largest absolute Gasteiger partial charge is 0.370 e. The van der Waals surface area contributed by atoms with Crippen LogP contribution in [0.25, 0.3) is 0 Å². The highest BCUT2D eigenvalue weighted by Gasteiger charge is 2.34. The van der Waals surface area contributed by atoms with Gasteiger partial charge in [-0.3, -0.25) is 0 Å². The summed E-state index contributed by atoms with van der Waals surface area (Å²) in [5.41, 5.74) is 3.14. The van der Waals surface area contributed by atoms with Gasteiger partial charge in [0.15, 0.2) is 0 Å². The highest BCUT2D eigenvalue weighted by molar-refractivity contribution is 5.48. The summed E-state index contributed by atoms with van der Waals surface area (Å²) in [6.07, 6.45) is 8.19. The third-order valence-corrected chi connectivity index (χ3v) is 4.81. The van der Waals surface area contributed by atoms with E-state index in [1.807, 2.05) is 0 Å². The van der Waals surface area contributed by atoms with Crippen molar-refractivity contribution < 1.29 is 0 Å². The standard InChI is InChI=1S/C17H26N2/c1-15-6-8-16(9-7-15)19-13-5-12-18-17(14-19)10-3-2-4-11-17/h6-9,18H,2-5,10-14H2,1H3. The maximum absolute atomic E-state index is 3.87. The number of hydrogen-bond donors (Lipinski definition) is 1. The zero-order chi connectivity index (χ0) is 13.1. The van der Waals surface area contributed by atoms with Gasteiger partial charge in [0.2, 0.25) is 0 Å². The first-order valence-corrected chi connectivity index (χ1v) is 7.84. The lowest BCUT2D eigenvalue weighted by molar-refractivity contribution is 0.246. The lowest BCUT2D eigenvalue weighted by Gasteiger charge is -2.40. The molecule has 0 aromatic heterocycles. The van der Waals surface area contributed by atoms with Gasteiger partial charge in [-0.05, 0) is 44.9 Å². The van der Waals surface area contributed by atoms with Crippen LogP contribution in [0.15, 0.2) is 24.3 Å². The maximum Gasteiger partial charge on any atom is 0.0367 e. The predicted molar refractivity (Wildman–Crippen MR) is 81.8 cm³/mol. The summed E-state index contributed by atoms with van der Waals surface area (Å²) in [7, 11) is 0. The zero-order valence-electron chi connectivity index (χ0n) is 12.1. The molecule has 1 spiro atoms. The highest BCUT2D eigenvalue weighted by atomic mass is 15.2. The summed E-state index contributed by atoms with van der Waals surface area (Å²) < 4.78 is 0. The van der Waals surface area contributed by atoms with Crippen molar-refractivity contribution in [3.8, 4) is 0 Å². The predicted octanol–water partition coefficient (Wildman–Crippen LogP) is 3.50. The molecule has 3 rings (SSSR count). The Balaban J connectivity index is 1.78. The first-order valence-electron chi connectivity index (χ1n) is 7.84. The van der Waals surface area contributed by atoms with E-state index in [1.165, 1.54) is 69.4 Å². The van der Waals surface area contributed by atoms with Crippen molar-refractivity contribution in [3.05, 3.63) is 29.8 Å². The molecule has 1 N–H and O–H groups in total. The number of anilines is 1. The quantitative estimate of drug-likeness (QED) is 0.829. The second kappa shape index (κ2) is 5.54. The van der Waals surface area contributed by atoms with E-state index in [0.717, 1.165) is 0 Å². The molecule has 1 saturated carbocycles. The van der Waals surface area contributed by atoms with Crippen molar-refractivity contribution >= 4 is 5.69 Å². The van der Waals surface area contributed by atoms with E-state index in [9.17, 15) is 0 Å². The molecule has 1 heterocycles. The van der Waals surface area contributed by atoms with Crippen LogP contribution >= 0.6 is 0 Å². The molecule has 1 aromatic carbocycles. The molecular formula is C17H26N2. The average molecular weight is 258 g/mol. The molecule has 1 saturated heterocycles. The Hall–Kier alpha value is -1.02. The molecule has 2 aliphatic rings. The second-order valence-electron chi connectivity index (χ2n) is 6.38. The Bertz CT molecular complexity index is 404. The summed E-state index contributed by atoms with van der Waals surface area (Å²) in [4.78, 5) is 2.60. The Labute approximate surface area is 117 Å². The van der Waals surface area contributed by atoms with Crippen LogP contribution < -0.4 is 10.2 Å². The normalized spacial score (nSPS) is 23.3. The van der Waals surface area contributed by atoms with E-state index in [-0.39, 0.29) is 0 Å². The number of hydrogen-bond acceptors (Lipinski definition) is 2. The fraction of sp³-hybridized carbons (Fsp3) is 0.647. The fourth-order valence-electron chi connectivity index (χ4n) is 3.66. The molecule has 19 heavy (non-hydrogen) atoms. The molecular weight excluding hydrogens is 232 g/mol. The van der Waals surface area contributed by atoms with E-state index >= 15 is 0 Å². The van der Waals surface area contributed by atoms with Crippen LogP contribution in [0, 0.1) is 6.92 Å². The topological polar surface area (TPSA) is 15.3 Å². The maximum atomic E-state index is 3.87. The van der Waals surface area contributed by atoms with Crippen molar-refractivity contribution in [1.82, 2.24) is 5.32 Å². The van der Waals surface area contributed by atoms with E-state index in [1.54, 1.807) is 0 Å². The fourth-order valence-corrected chi connectivity index (χ4v) is 3.66. The average Bonchev–Trinajstić information content (AvgIpc) is 2.64. The minimum absolute atomic E-state index is 0.389. The van der Waals surface area contributed by atoms with Gasteiger partial charge >= 0.3 is 0 Å². The minimum atomic E-state index is 0.389. The number of nitrogens with zero attached hydrogens (tertiary/aromatic N) is 1. The first kappa shape index (κ1) is 13.0. The summed E-state index contributed by atoms with van der Waals surface area (Å²) in [6.45, 7) is 5.73. The van der Waals surface area contributed by atoms with Gasteiger partial charge in [-0.25, -0.2) is 0 Å². The van der Waals surface area contributed by atoms with Crippen molar-refractivity contribution in [2.24, 2.45) is 0 Å². The van der Waals surface area contributed by atoms with Gasteiger partial charge in [-0.2, -0.15) is 0 Å². The third-order valence-electron chi connectivity index (χ3n) is 4.81. The first-order chi connectivity index (χ1) is 9.27. The SMILES string of the molecule is Cc1ccc(N2CCCNC3(CCCCC3)C2)cc1. The molecule has 0 radical (unpaired) electrons. The summed E-state index contributed by atoms with van der Waals surface area (Å²) in [6, 6.07) is 9.05. The van der Waals surface area contributed by atoms with E-state index in [4.69, 9.17) is 0 Å². The lowest BCUT2D eigenvalue weighted by atomic mass is 9.81. The Morgan fingerprint density at radius 3 is 2.47 bits per heavy atom. The van der Waals surface area contributed by atoms with Crippen LogP contribution in [0.2, 0.25) is 0 Å². The van der Waals surface area contributed by atoms with Gasteiger partial charge < -0.3 is 10.2 Å². The van der Waals surface area contributed by atoms with E-state index in [0.29, 0.717) is 5.54 Å². The molecule has 2 fully saturated rings. The second-order valence-corrected chi connectivity index (χ2v) is 6.38. The van der Waals surface area contributed by atoms with Gasteiger partial charge in [0.1, 0.15) is 0 Å². The molecule has 0 atom stereocenters. The van der Waals surface area contributed by atoms with Crippen molar-refractivity contribution in [2.75, 3.05) is 24.5 Å². The van der Waals surface area contributed by atoms with Gasteiger partial charge in [0.05, 0.1) is 0 Å². The summed E-state index contributed by atoms with van der Waals surface area (Å²) in [5.74, 6) is 0. The lowest BCUT2D eigenvalue weighted by Crippen LogP contribution is -2.52. The molecule has 0 amide bonds. The molecule has 1 aliphatic heterocycles. The van der Waals surface area contributed by atoms with Gasteiger partial charge in [-0.1, -0.05) is 37.0 Å². The smallest absolute Gasteiger partial charge is 0.0367 e.